The lowest BCUT2D eigenvalue weighted by Crippen LogP contribution is -2.58. The first-order chi connectivity index (χ1) is 11.1. The number of hydrogen-bond donors (Lipinski definition) is 1. The molecule has 6 heteroatoms. The standard InChI is InChI=1S/C17H20N4O2/c1-12-10-20(17(22)23)11-13(2)21(12)16-18-9-8-15(19-16)14-6-4-3-5-7-14/h3-9,12-13H,10-11H2,1-2H3,(H,22,23)/t12-,13+. The van der Waals surface area contributed by atoms with E-state index in [9.17, 15) is 9.90 Å². The van der Waals surface area contributed by atoms with Crippen molar-refractivity contribution in [3.05, 3.63) is 42.6 Å². The van der Waals surface area contributed by atoms with Crippen molar-refractivity contribution in [1.29, 1.82) is 0 Å². The maximum absolute atomic E-state index is 11.2. The molecule has 0 radical (unpaired) electrons. The molecule has 0 saturated carbocycles. The van der Waals surface area contributed by atoms with Crippen LogP contribution in [0.3, 0.4) is 0 Å². The van der Waals surface area contributed by atoms with Crippen molar-refractivity contribution in [3.8, 4) is 11.3 Å². The molecule has 1 aliphatic rings. The summed E-state index contributed by atoms with van der Waals surface area (Å²) in [5.41, 5.74) is 1.91. The molecule has 1 aromatic carbocycles. The molecule has 1 N–H and O–H groups in total. The molecule has 1 aliphatic heterocycles. The number of rotatable bonds is 2. The first kappa shape index (κ1) is 15.3. The van der Waals surface area contributed by atoms with Crippen LogP contribution in [-0.2, 0) is 0 Å². The molecule has 2 heterocycles. The molecule has 1 saturated heterocycles. The van der Waals surface area contributed by atoms with E-state index in [1.54, 1.807) is 6.20 Å². The summed E-state index contributed by atoms with van der Waals surface area (Å²) in [5.74, 6) is 0.649. The molecule has 2 atom stereocenters. The van der Waals surface area contributed by atoms with E-state index >= 15 is 0 Å². The van der Waals surface area contributed by atoms with Gasteiger partial charge in [0, 0.05) is 36.9 Å². The molecule has 3 rings (SSSR count). The largest absolute Gasteiger partial charge is 0.465 e. The van der Waals surface area contributed by atoms with Gasteiger partial charge >= 0.3 is 6.09 Å². The second kappa shape index (κ2) is 6.24. The fraction of sp³-hybridized carbons (Fsp3) is 0.353. The molecule has 0 spiro atoms. The summed E-state index contributed by atoms with van der Waals surface area (Å²) in [6.45, 7) is 4.92. The van der Waals surface area contributed by atoms with Crippen molar-refractivity contribution >= 4 is 12.0 Å². The summed E-state index contributed by atoms with van der Waals surface area (Å²) < 4.78 is 0. The van der Waals surface area contributed by atoms with Crippen LogP contribution in [0.1, 0.15) is 13.8 Å². The lowest BCUT2D eigenvalue weighted by molar-refractivity contribution is 0.128. The highest BCUT2D eigenvalue weighted by Gasteiger charge is 2.33. The summed E-state index contributed by atoms with van der Waals surface area (Å²) in [7, 11) is 0. The van der Waals surface area contributed by atoms with Crippen LogP contribution in [0.4, 0.5) is 10.7 Å². The topological polar surface area (TPSA) is 69.6 Å². The lowest BCUT2D eigenvalue weighted by atomic mass is 10.1. The maximum atomic E-state index is 11.2. The third-order valence-corrected chi connectivity index (χ3v) is 4.13. The molecule has 120 valence electrons. The van der Waals surface area contributed by atoms with Crippen LogP contribution in [0.25, 0.3) is 11.3 Å². The van der Waals surface area contributed by atoms with Gasteiger partial charge in [0.05, 0.1) is 5.69 Å². The van der Waals surface area contributed by atoms with Crippen molar-refractivity contribution in [2.45, 2.75) is 25.9 Å². The zero-order chi connectivity index (χ0) is 16.4. The van der Waals surface area contributed by atoms with Gasteiger partial charge in [0.1, 0.15) is 0 Å². The second-order valence-corrected chi connectivity index (χ2v) is 5.90. The smallest absolute Gasteiger partial charge is 0.407 e. The molecule has 6 nitrogen and oxygen atoms in total. The molecule has 1 amide bonds. The van der Waals surface area contributed by atoms with E-state index < -0.39 is 6.09 Å². The Morgan fingerprint density at radius 3 is 2.39 bits per heavy atom. The third kappa shape index (κ3) is 3.11. The van der Waals surface area contributed by atoms with E-state index in [1.807, 2.05) is 50.2 Å². The predicted molar refractivity (Wildman–Crippen MR) is 88.5 cm³/mol. The molecular weight excluding hydrogens is 292 g/mol. The van der Waals surface area contributed by atoms with E-state index in [1.165, 1.54) is 4.90 Å². The Hall–Kier alpha value is -2.63. The van der Waals surface area contributed by atoms with Crippen LogP contribution in [0.15, 0.2) is 42.6 Å². The fourth-order valence-electron chi connectivity index (χ4n) is 3.12. The quantitative estimate of drug-likeness (QED) is 0.923. The Labute approximate surface area is 135 Å². The van der Waals surface area contributed by atoms with Gasteiger partial charge in [0.25, 0.3) is 0 Å². The molecule has 0 bridgehead atoms. The van der Waals surface area contributed by atoms with Crippen molar-refractivity contribution < 1.29 is 9.90 Å². The minimum absolute atomic E-state index is 0.0286. The van der Waals surface area contributed by atoms with Gasteiger partial charge in [-0.3, -0.25) is 0 Å². The first-order valence-corrected chi connectivity index (χ1v) is 7.71. The molecule has 0 aliphatic carbocycles. The lowest BCUT2D eigenvalue weighted by Gasteiger charge is -2.43. The van der Waals surface area contributed by atoms with Gasteiger partial charge in [0.15, 0.2) is 0 Å². The second-order valence-electron chi connectivity index (χ2n) is 5.90. The first-order valence-electron chi connectivity index (χ1n) is 7.71. The maximum Gasteiger partial charge on any atom is 0.407 e. The Bertz CT molecular complexity index is 680. The van der Waals surface area contributed by atoms with Gasteiger partial charge in [-0.15, -0.1) is 0 Å². The normalized spacial score (nSPS) is 21.3. The van der Waals surface area contributed by atoms with Gasteiger partial charge in [0.2, 0.25) is 5.95 Å². The minimum atomic E-state index is -0.873. The molecule has 23 heavy (non-hydrogen) atoms. The Kier molecular flexibility index (Phi) is 4.14. The summed E-state index contributed by atoms with van der Waals surface area (Å²) in [4.78, 5) is 23.9. The summed E-state index contributed by atoms with van der Waals surface area (Å²) in [6, 6.07) is 11.9. The summed E-state index contributed by atoms with van der Waals surface area (Å²) >= 11 is 0. The zero-order valence-corrected chi connectivity index (χ0v) is 13.3. The molecule has 2 aromatic rings. The molecule has 0 unspecified atom stereocenters. The van der Waals surface area contributed by atoms with Crippen molar-refractivity contribution in [3.63, 3.8) is 0 Å². The van der Waals surface area contributed by atoms with E-state index in [0.29, 0.717) is 19.0 Å². The number of hydrogen-bond acceptors (Lipinski definition) is 4. The van der Waals surface area contributed by atoms with E-state index in [2.05, 4.69) is 14.9 Å². The van der Waals surface area contributed by atoms with Crippen LogP contribution in [0, 0.1) is 0 Å². The predicted octanol–water partition coefficient (Wildman–Crippen LogP) is 2.72. The van der Waals surface area contributed by atoms with E-state index in [-0.39, 0.29) is 12.1 Å². The molecular formula is C17H20N4O2. The monoisotopic (exact) mass is 312 g/mol. The number of carboxylic acid groups (broad SMARTS) is 1. The minimum Gasteiger partial charge on any atom is -0.465 e. The Balaban J connectivity index is 1.89. The highest BCUT2D eigenvalue weighted by Crippen LogP contribution is 2.24. The number of amides is 1. The average molecular weight is 312 g/mol. The summed E-state index contributed by atoms with van der Waals surface area (Å²) in [6.07, 6.45) is 0.885. The third-order valence-electron chi connectivity index (χ3n) is 4.13. The number of aromatic nitrogens is 2. The highest BCUT2D eigenvalue weighted by molar-refractivity contribution is 5.66. The van der Waals surface area contributed by atoms with Crippen molar-refractivity contribution in [2.75, 3.05) is 18.0 Å². The number of piperazine rings is 1. The van der Waals surface area contributed by atoms with Crippen LogP contribution in [0.2, 0.25) is 0 Å². The van der Waals surface area contributed by atoms with Crippen LogP contribution < -0.4 is 4.90 Å². The fourth-order valence-corrected chi connectivity index (χ4v) is 3.12. The molecule has 1 fully saturated rings. The van der Waals surface area contributed by atoms with E-state index in [0.717, 1.165) is 11.3 Å². The van der Waals surface area contributed by atoms with Gasteiger partial charge in [-0.1, -0.05) is 30.3 Å². The number of anilines is 1. The zero-order valence-electron chi connectivity index (χ0n) is 13.3. The van der Waals surface area contributed by atoms with Crippen molar-refractivity contribution in [2.24, 2.45) is 0 Å². The van der Waals surface area contributed by atoms with Crippen molar-refractivity contribution in [1.82, 2.24) is 14.9 Å². The Morgan fingerprint density at radius 2 is 1.78 bits per heavy atom. The van der Waals surface area contributed by atoms with Gasteiger partial charge < -0.3 is 14.9 Å². The van der Waals surface area contributed by atoms with Crippen LogP contribution >= 0.6 is 0 Å². The Morgan fingerprint density at radius 1 is 1.13 bits per heavy atom. The molecule has 1 aromatic heterocycles. The van der Waals surface area contributed by atoms with Gasteiger partial charge in [-0.05, 0) is 19.9 Å². The average Bonchev–Trinajstić information content (AvgIpc) is 2.55. The summed E-state index contributed by atoms with van der Waals surface area (Å²) in [5, 5.41) is 9.20. The highest BCUT2D eigenvalue weighted by atomic mass is 16.4. The number of benzene rings is 1. The van der Waals surface area contributed by atoms with Crippen LogP contribution in [-0.4, -0.2) is 51.2 Å². The number of nitrogens with zero attached hydrogens (tertiary/aromatic N) is 4. The van der Waals surface area contributed by atoms with Crippen LogP contribution in [0.5, 0.6) is 0 Å². The van der Waals surface area contributed by atoms with E-state index in [4.69, 9.17) is 0 Å². The van der Waals surface area contributed by atoms with Gasteiger partial charge in [-0.2, -0.15) is 0 Å². The SMILES string of the molecule is C[C@@H]1CN(C(=O)O)C[C@H](C)N1c1nccc(-c2ccccc2)n1. The number of carbonyl (C=O) groups is 1. The van der Waals surface area contributed by atoms with Gasteiger partial charge in [-0.25, -0.2) is 14.8 Å².